The molecule has 1 unspecified atom stereocenters. The smallest absolute Gasteiger partial charge is 0.225 e. The number of hydrogen-bond acceptors (Lipinski definition) is 3. The minimum absolute atomic E-state index is 0.0404. The number of likely N-dealkylation sites (tertiary alicyclic amines) is 1. The van der Waals surface area contributed by atoms with Gasteiger partial charge in [0.2, 0.25) is 5.91 Å². The first kappa shape index (κ1) is 17.5. The number of ether oxygens (including phenoxy) is 1. The Balaban J connectivity index is 1.16. The van der Waals surface area contributed by atoms with Gasteiger partial charge < -0.3 is 14.7 Å². The molecule has 3 saturated carbocycles. The third-order valence-corrected chi connectivity index (χ3v) is 7.38. The van der Waals surface area contributed by atoms with Crippen LogP contribution in [0.25, 0.3) is 0 Å². The van der Waals surface area contributed by atoms with Crippen LogP contribution in [-0.4, -0.2) is 40.7 Å². The Kier molecular flexibility index (Phi) is 3.88. The molecule has 27 heavy (non-hydrogen) atoms. The molecule has 1 saturated heterocycles. The summed E-state index contributed by atoms with van der Waals surface area (Å²) in [5.74, 6) is 2.11. The van der Waals surface area contributed by atoms with E-state index in [4.69, 9.17) is 4.74 Å². The molecular formula is C23H31NO3. The minimum Gasteiger partial charge on any atom is -0.490 e. The molecule has 4 heteroatoms. The van der Waals surface area contributed by atoms with E-state index in [1.54, 1.807) is 0 Å². The lowest BCUT2D eigenvalue weighted by molar-refractivity contribution is -0.161. The lowest BCUT2D eigenvalue weighted by Gasteiger charge is -2.51. The van der Waals surface area contributed by atoms with Crippen molar-refractivity contribution in [3.05, 3.63) is 29.3 Å². The molecule has 4 fully saturated rings. The molecule has 0 bridgehead atoms. The monoisotopic (exact) mass is 369 g/mol. The van der Waals surface area contributed by atoms with Crippen molar-refractivity contribution in [1.29, 1.82) is 0 Å². The lowest BCUT2D eigenvalue weighted by Crippen LogP contribution is -2.61. The van der Waals surface area contributed by atoms with E-state index >= 15 is 0 Å². The van der Waals surface area contributed by atoms with Crippen molar-refractivity contribution in [2.24, 2.45) is 11.3 Å². The van der Waals surface area contributed by atoms with Gasteiger partial charge in [0.1, 0.15) is 5.75 Å². The third kappa shape index (κ3) is 3.16. The Labute approximate surface area is 161 Å². The van der Waals surface area contributed by atoms with E-state index in [9.17, 15) is 9.90 Å². The number of carbonyl (C=O) groups is 1. The molecule has 3 aliphatic carbocycles. The zero-order valence-corrected chi connectivity index (χ0v) is 16.5. The second-order valence-corrected chi connectivity index (χ2v) is 10.0. The number of rotatable bonds is 4. The highest BCUT2D eigenvalue weighted by molar-refractivity contribution is 5.81. The van der Waals surface area contributed by atoms with Crippen molar-refractivity contribution in [3.63, 3.8) is 0 Å². The number of hydrogen-bond donors (Lipinski definition) is 1. The Hall–Kier alpha value is -1.55. The molecule has 1 amide bonds. The van der Waals surface area contributed by atoms with Crippen LogP contribution in [-0.2, 0) is 4.79 Å². The van der Waals surface area contributed by atoms with Gasteiger partial charge in [-0.1, -0.05) is 12.1 Å². The largest absolute Gasteiger partial charge is 0.490 e. The van der Waals surface area contributed by atoms with Gasteiger partial charge >= 0.3 is 0 Å². The van der Waals surface area contributed by atoms with Crippen LogP contribution in [0.5, 0.6) is 5.75 Å². The molecule has 1 aliphatic heterocycles. The van der Waals surface area contributed by atoms with Crippen LogP contribution in [0.4, 0.5) is 0 Å². The van der Waals surface area contributed by atoms with Crippen molar-refractivity contribution in [1.82, 2.24) is 4.90 Å². The van der Waals surface area contributed by atoms with Crippen molar-refractivity contribution < 1.29 is 14.6 Å². The SMILES string of the molecule is Cc1c(OC2CCC3(C2)CN(C(=O)[C@H]2C[C@@](C)(O)C2)C3)cccc1C1CC1. The molecule has 1 heterocycles. The van der Waals surface area contributed by atoms with Gasteiger partial charge in [-0.25, -0.2) is 0 Å². The maximum Gasteiger partial charge on any atom is 0.225 e. The standard InChI is InChI=1S/C23H31NO3/c1-15-19(16-6-7-16)4-3-5-20(15)27-18-8-9-23(12-18)13-24(14-23)21(25)17-10-22(2,26)11-17/h3-5,16-18,26H,6-14H2,1-2H3/t17-,18?,22+. The molecule has 0 radical (unpaired) electrons. The summed E-state index contributed by atoms with van der Waals surface area (Å²) in [7, 11) is 0. The summed E-state index contributed by atoms with van der Waals surface area (Å²) < 4.78 is 6.42. The average molecular weight is 370 g/mol. The van der Waals surface area contributed by atoms with Gasteiger partial charge in [-0.3, -0.25) is 4.79 Å². The van der Waals surface area contributed by atoms with E-state index in [2.05, 4.69) is 25.1 Å². The number of benzene rings is 1. The van der Waals surface area contributed by atoms with Gasteiger partial charge in [0.25, 0.3) is 0 Å². The van der Waals surface area contributed by atoms with E-state index in [1.165, 1.54) is 24.0 Å². The van der Waals surface area contributed by atoms with E-state index < -0.39 is 5.60 Å². The van der Waals surface area contributed by atoms with Crippen LogP contribution in [0.2, 0.25) is 0 Å². The molecule has 1 aromatic rings. The topological polar surface area (TPSA) is 49.8 Å². The van der Waals surface area contributed by atoms with Crippen LogP contribution in [0.15, 0.2) is 18.2 Å². The Morgan fingerprint density at radius 1 is 1.19 bits per heavy atom. The molecule has 4 nitrogen and oxygen atoms in total. The van der Waals surface area contributed by atoms with Crippen LogP contribution < -0.4 is 4.74 Å². The number of carbonyl (C=O) groups excluding carboxylic acids is 1. The summed E-state index contributed by atoms with van der Waals surface area (Å²) in [6.45, 7) is 5.79. The van der Waals surface area contributed by atoms with Gasteiger partial charge in [-0.2, -0.15) is 0 Å². The van der Waals surface area contributed by atoms with Gasteiger partial charge in [-0.05, 0) is 81.9 Å². The molecule has 1 atom stereocenters. The number of nitrogens with zero attached hydrogens (tertiary/aromatic N) is 1. The summed E-state index contributed by atoms with van der Waals surface area (Å²) in [5, 5.41) is 9.88. The fourth-order valence-corrected chi connectivity index (χ4v) is 5.67. The maximum absolute atomic E-state index is 12.5. The van der Waals surface area contributed by atoms with Crippen molar-refractivity contribution >= 4 is 5.91 Å². The Morgan fingerprint density at radius 2 is 1.93 bits per heavy atom. The van der Waals surface area contributed by atoms with Crippen LogP contribution >= 0.6 is 0 Å². The molecule has 0 aromatic heterocycles. The predicted molar refractivity (Wildman–Crippen MR) is 104 cm³/mol. The molecule has 5 rings (SSSR count). The summed E-state index contributed by atoms with van der Waals surface area (Å²) in [6, 6.07) is 6.51. The van der Waals surface area contributed by atoms with Crippen LogP contribution in [0, 0.1) is 18.3 Å². The maximum atomic E-state index is 12.5. The van der Waals surface area contributed by atoms with Gasteiger partial charge in [0.05, 0.1) is 11.7 Å². The fourth-order valence-electron chi connectivity index (χ4n) is 5.67. The molecule has 1 spiro atoms. The Bertz CT molecular complexity index is 753. The summed E-state index contributed by atoms with van der Waals surface area (Å²) in [4.78, 5) is 14.6. The van der Waals surface area contributed by atoms with Crippen LogP contribution in [0.1, 0.15) is 68.9 Å². The molecular weight excluding hydrogens is 338 g/mol. The molecule has 146 valence electrons. The van der Waals surface area contributed by atoms with E-state index in [0.717, 1.165) is 44.0 Å². The quantitative estimate of drug-likeness (QED) is 0.878. The van der Waals surface area contributed by atoms with Crippen molar-refractivity contribution in [3.8, 4) is 5.75 Å². The number of amides is 1. The van der Waals surface area contributed by atoms with E-state index in [1.807, 2.05) is 11.8 Å². The molecule has 4 aliphatic rings. The predicted octanol–water partition coefficient (Wildman–Crippen LogP) is 3.79. The summed E-state index contributed by atoms with van der Waals surface area (Å²) in [5.41, 5.74) is 2.44. The normalized spacial score (nSPS) is 34.3. The zero-order valence-electron chi connectivity index (χ0n) is 16.5. The summed E-state index contributed by atoms with van der Waals surface area (Å²) >= 11 is 0. The first-order valence-corrected chi connectivity index (χ1v) is 10.6. The summed E-state index contributed by atoms with van der Waals surface area (Å²) in [6.07, 6.45) is 7.47. The highest BCUT2D eigenvalue weighted by Gasteiger charge is 2.53. The number of aliphatic hydroxyl groups is 1. The van der Waals surface area contributed by atoms with E-state index in [0.29, 0.717) is 12.8 Å². The van der Waals surface area contributed by atoms with Gasteiger partial charge in [0.15, 0.2) is 0 Å². The molecule has 1 N–H and O–H groups in total. The average Bonchev–Trinajstić information content (AvgIpc) is 3.32. The van der Waals surface area contributed by atoms with E-state index in [-0.39, 0.29) is 23.3 Å². The Morgan fingerprint density at radius 3 is 2.59 bits per heavy atom. The minimum atomic E-state index is -0.623. The van der Waals surface area contributed by atoms with Gasteiger partial charge in [-0.15, -0.1) is 0 Å². The van der Waals surface area contributed by atoms with Crippen molar-refractivity contribution in [2.75, 3.05) is 13.1 Å². The second kappa shape index (κ2) is 5.97. The second-order valence-electron chi connectivity index (χ2n) is 10.0. The zero-order chi connectivity index (χ0) is 18.8. The first-order valence-electron chi connectivity index (χ1n) is 10.6. The fraction of sp³-hybridized carbons (Fsp3) is 0.696. The molecule has 1 aromatic carbocycles. The van der Waals surface area contributed by atoms with Crippen LogP contribution in [0.3, 0.4) is 0 Å². The van der Waals surface area contributed by atoms with Crippen molar-refractivity contribution in [2.45, 2.75) is 76.4 Å². The first-order chi connectivity index (χ1) is 12.8. The highest BCUT2D eigenvalue weighted by Crippen LogP contribution is 2.49. The third-order valence-electron chi connectivity index (χ3n) is 7.38. The highest BCUT2D eigenvalue weighted by atomic mass is 16.5. The lowest BCUT2D eigenvalue weighted by atomic mass is 9.70. The van der Waals surface area contributed by atoms with Gasteiger partial charge in [0, 0.05) is 24.4 Å².